The van der Waals surface area contributed by atoms with Crippen LogP contribution < -0.4 is 9.64 Å². The summed E-state index contributed by atoms with van der Waals surface area (Å²) in [5, 5.41) is 10.1. The fraction of sp³-hybridized carbons (Fsp3) is 0.300. The van der Waals surface area contributed by atoms with E-state index in [9.17, 15) is 13.9 Å². The molecule has 1 aliphatic rings. The molecule has 28 heavy (non-hydrogen) atoms. The van der Waals surface area contributed by atoms with Crippen LogP contribution in [0.2, 0.25) is 0 Å². The second-order valence-electron chi connectivity index (χ2n) is 6.64. The number of aromatic amines is 1. The zero-order valence-electron chi connectivity index (χ0n) is 15.1. The fourth-order valence-corrected chi connectivity index (χ4v) is 4.06. The van der Waals surface area contributed by atoms with Gasteiger partial charge in [0.2, 0.25) is 0 Å². The first-order valence-electron chi connectivity index (χ1n) is 8.84. The molecule has 4 nitrogen and oxygen atoms in total. The van der Waals surface area contributed by atoms with Crippen molar-refractivity contribution in [2.75, 3.05) is 24.2 Å². The first-order chi connectivity index (χ1) is 13.5. The van der Waals surface area contributed by atoms with Gasteiger partial charge in [0.05, 0.1) is 17.3 Å². The molecule has 2 N–H and O–H groups in total. The Morgan fingerprint density at radius 2 is 2.11 bits per heavy atom. The minimum atomic E-state index is -3.00. The Balaban J connectivity index is 1.88. The van der Waals surface area contributed by atoms with Crippen LogP contribution in [0.15, 0.2) is 41.3 Å². The maximum Gasteiger partial charge on any atom is 0.387 e. The van der Waals surface area contributed by atoms with Gasteiger partial charge in [-0.2, -0.15) is 8.78 Å². The number of thioether (sulfide) groups is 1. The number of H-pyrrole nitrogens is 1. The Bertz CT molecular complexity index is 1010. The second-order valence-corrected chi connectivity index (χ2v) is 7.52. The molecule has 0 radical (unpaired) electrons. The summed E-state index contributed by atoms with van der Waals surface area (Å²) in [7, 11) is 0. The normalized spacial score (nSPS) is 17.1. The lowest BCUT2D eigenvalue weighted by molar-refractivity contribution is -0.0489. The number of ether oxygens (including phenoxy) is 1. The topological polar surface area (TPSA) is 48.5 Å². The van der Waals surface area contributed by atoms with Crippen LogP contribution >= 0.6 is 11.8 Å². The van der Waals surface area contributed by atoms with Gasteiger partial charge in [-0.25, -0.2) is 4.39 Å². The van der Waals surface area contributed by atoms with Crippen LogP contribution in [-0.2, 0) is 0 Å². The number of aliphatic hydroxyl groups excluding tert-OH is 1. The number of hydrogen-bond acceptors (Lipinski definition) is 4. The highest BCUT2D eigenvalue weighted by Gasteiger charge is 2.26. The second kappa shape index (κ2) is 7.60. The SMILES string of the molecule is CSc1ccc(N2CCC(O)C2)c(-c2[nH]c3c(OC(F)F)cccc3c2F)c1. The molecule has 1 aliphatic heterocycles. The lowest BCUT2D eigenvalue weighted by Crippen LogP contribution is -2.21. The molecule has 0 saturated carbocycles. The van der Waals surface area contributed by atoms with E-state index < -0.39 is 18.5 Å². The molecule has 0 spiro atoms. The van der Waals surface area contributed by atoms with Crippen molar-refractivity contribution in [1.29, 1.82) is 0 Å². The third-order valence-corrected chi connectivity index (χ3v) is 5.65. The Morgan fingerprint density at radius 1 is 1.29 bits per heavy atom. The van der Waals surface area contributed by atoms with Gasteiger partial charge in [-0.3, -0.25) is 0 Å². The average molecular weight is 408 g/mol. The van der Waals surface area contributed by atoms with Gasteiger partial charge in [-0.05, 0) is 43.0 Å². The van der Waals surface area contributed by atoms with E-state index in [0.717, 1.165) is 10.6 Å². The summed E-state index contributed by atoms with van der Waals surface area (Å²) in [6.07, 6.45) is 2.14. The number of aliphatic hydroxyl groups is 1. The van der Waals surface area contributed by atoms with Gasteiger partial charge >= 0.3 is 6.61 Å². The molecule has 0 amide bonds. The number of fused-ring (bicyclic) bond motifs is 1. The predicted octanol–water partition coefficient (Wildman–Crippen LogP) is 4.87. The Labute approximate surface area is 164 Å². The van der Waals surface area contributed by atoms with Gasteiger partial charge in [-0.1, -0.05) is 6.07 Å². The van der Waals surface area contributed by atoms with E-state index in [1.807, 2.05) is 29.4 Å². The van der Waals surface area contributed by atoms with E-state index in [-0.39, 0.29) is 22.3 Å². The first-order valence-corrected chi connectivity index (χ1v) is 10.1. The highest BCUT2D eigenvalue weighted by molar-refractivity contribution is 7.98. The summed E-state index contributed by atoms with van der Waals surface area (Å²) < 4.78 is 45.2. The number of para-hydroxylation sites is 1. The third-order valence-electron chi connectivity index (χ3n) is 4.93. The predicted molar refractivity (Wildman–Crippen MR) is 105 cm³/mol. The van der Waals surface area contributed by atoms with Gasteiger partial charge in [0, 0.05) is 34.6 Å². The van der Waals surface area contributed by atoms with Gasteiger partial charge in [-0.15, -0.1) is 11.8 Å². The first kappa shape index (κ1) is 19.0. The molecular formula is C20H19F3N2O2S. The van der Waals surface area contributed by atoms with Crippen LogP contribution in [0.1, 0.15) is 6.42 Å². The third kappa shape index (κ3) is 3.42. The molecule has 148 valence electrons. The van der Waals surface area contributed by atoms with Crippen LogP contribution in [0.5, 0.6) is 5.75 Å². The molecule has 0 bridgehead atoms. The van der Waals surface area contributed by atoms with Crippen molar-refractivity contribution in [1.82, 2.24) is 4.98 Å². The molecule has 2 heterocycles. The van der Waals surface area contributed by atoms with E-state index in [1.54, 1.807) is 0 Å². The van der Waals surface area contributed by atoms with Crippen LogP contribution in [0.4, 0.5) is 18.9 Å². The Morgan fingerprint density at radius 3 is 2.79 bits per heavy atom. The van der Waals surface area contributed by atoms with Crippen LogP contribution in [0.3, 0.4) is 0 Å². The number of benzene rings is 2. The van der Waals surface area contributed by atoms with Crippen LogP contribution in [0, 0.1) is 5.82 Å². The van der Waals surface area contributed by atoms with E-state index >= 15 is 4.39 Å². The number of nitrogens with zero attached hydrogens (tertiary/aromatic N) is 1. The highest BCUT2D eigenvalue weighted by atomic mass is 32.2. The molecule has 1 atom stereocenters. The van der Waals surface area contributed by atoms with Crippen molar-refractivity contribution in [3.05, 3.63) is 42.2 Å². The van der Waals surface area contributed by atoms with E-state index in [1.165, 1.54) is 30.0 Å². The monoisotopic (exact) mass is 408 g/mol. The van der Waals surface area contributed by atoms with Gasteiger partial charge in [0.1, 0.15) is 5.75 Å². The van der Waals surface area contributed by atoms with Crippen molar-refractivity contribution in [2.45, 2.75) is 24.0 Å². The van der Waals surface area contributed by atoms with Gasteiger partial charge in [0.25, 0.3) is 0 Å². The summed E-state index contributed by atoms with van der Waals surface area (Å²) >= 11 is 1.53. The lowest BCUT2D eigenvalue weighted by Gasteiger charge is -2.22. The molecule has 8 heteroatoms. The van der Waals surface area contributed by atoms with E-state index in [0.29, 0.717) is 25.1 Å². The van der Waals surface area contributed by atoms with Crippen LogP contribution in [-0.4, -0.2) is 42.2 Å². The Kier molecular flexibility index (Phi) is 5.16. The zero-order chi connectivity index (χ0) is 19.8. The largest absolute Gasteiger partial charge is 0.433 e. The summed E-state index contributed by atoms with van der Waals surface area (Å²) in [5.74, 6) is -0.620. The lowest BCUT2D eigenvalue weighted by atomic mass is 10.1. The van der Waals surface area contributed by atoms with Crippen molar-refractivity contribution in [3.8, 4) is 17.0 Å². The molecule has 1 aromatic heterocycles. The molecule has 3 aromatic rings. The molecule has 0 aliphatic carbocycles. The number of halogens is 3. The number of alkyl halides is 2. The zero-order valence-corrected chi connectivity index (χ0v) is 15.9. The molecule has 2 aromatic carbocycles. The van der Waals surface area contributed by atoms with Gasteiger partial charge in [0.15, 0.2) is 5.82 Å². The molecule has 1 saturated heterocycles. The minimum absolute atomic E-state index is 0.100. The molecule has 1 unspecified atom stereocenters. The summed E-state index contributed by atoms with van der Waals surface area (Å²) in [5.41, 5.74) is 1.82. The highest BCUT2D eigenvalue weighted by Crippen LogP contribution is 2.40. The van der Waals surface area contributed by atoms with Crippen molar-refractivity contribution >= 4 is 28.4 Å². The number of anilines is 1. The smallest absolute Gasteiger partial charge is 0.387 e. The Hall–Kier alpha value is -2.32. The van der Waals surface area contributed by atoms with Crippen molar-refractivity contribution in [3.63, 3.8) is 0 Å². The molecule has 4 rings (SSSR count). The van der Waals surface area contributed by atoms with Crippen molar-refractivity contribution < 1.29 is 23.0 Å². The number of aromatic nitrogens is 1. The van der Waals surface area contributed by atoms with E-state index in [4.69, 9.17) is 0 Å². The maximum atomic E-state index is 15.3. The van der Waals surface area contributed by atoms with Crippen molar-refractivity contribution in [2.24, 2.45) is 0 Å². The number of nitrogens with one attached hydrogen (secondary N) is 1. The minimum Gasteiger partial charge on any atom is -0.433 e. The summed E-state index contributed by atoms with van der Waals surface area (Å²) in [6.45, 7) is -1.87. The summed E-state index contributed by atoms with van der Waals surface area (Å²) in [6, 6.07) is 10.1. The average Bonchev–Trinajstić information content (AvgIpc) is 3.25. The fourth-order valence-electron chi connectivity index (χ4n) is 3.62. The quantitative estimate of drug-likeness (QED) is 0.592. The summed E-state index contributed by atoms with van der Waals surface area (Å²) in [4.78, 5) is 5.90. The number of rotatable bonds is 5. The molecule has 1 fully saturated rings. The van der Waals surface area contributed by atoms with Gasteiger partial charge < -0.3 is 19.7 Å². The van der Waals surface area contributed by atoms with Crippen LogP contribution in [0.25, 0.3) is 22.2 Å². The maximum absolute atomic E-state index is 15.3. The number of β-amino-alcohol motifs (C(OH)–C–C–N with tert-alkyl or cyclic N) is 1. The number of hydrogen-bond donors (Lipinski definition) is 2. The standard InChI is InChI=1S/C20H19F3N2O2S/c1-28-12-5-6-15(25-8-7-11(26)10-25)14(9-12)19-17(21)13-3-2-4-16(18(13)24-19)27-20(22)23/h2-6,9,11,20,24,26H,7-8,10H2,1H3. The molecular weight excluding hydrogens is 389 g/mol. The van der Waals surface area contributed by atoms with E-state index in [2.05, 4.69) is 9.72 Å².